The Hall–Kier alpha value is -1.71. The number of phenols is 1. The van der Waals surface area contributed by atoms with Gasteiger partial charge in [0.25, 0.3) is 0 Å². The van der Waals surface area contributed by atoms with Gasteiger partial charge in [0.2, 0.25) is 0 Å². The van der Waals surface area contributed by atoms with Crippen LogP contribution in [0, 0.1) is 6.92 Å². The second-order valence-corrected chi connectivity index (χ2v) is 4.79. The number of phenolic OH excluding ortho intramolecular Hbond substituents is 1. The van der Waals surface area contributed by atoms with Crippen LogP contribution in [0.3, 0.4) is 0 Å². The van der Waals surface area contributed by atoms with E-state index in [0.29, 0.717) is 12.6 Å². The van der Waals surface area contributed by atoms with Crippen molar-refractivity contribution in [1.29, 1.82) is 0 Å². The molecule has 2 rings (SSSR count). The molecule has 1 fully saturated rings. The van der Waals surface area contributed by atoms with Crippen molar-refractivity contribution < 1.29 is 9.90 Å². The minimum absolute atomic E-state index is 0.0732. The van der Waals surface area contributed by atoms with Crippen LogP contribution < -0.4 is 10.2 Å². The molecule has 1 aliphatic carbocycles. The maximum Gasteiger partial charge on any atom is 0.322 e. The molecule has 1 saturated carbocycles. The Morgan fingerprint density at radius 1 is 1.50 bits per heavy atom. The number of aromatic hydroxyl groups is 1. The zero-order chi connectivity index (χ0) is 13.1. The van der Waals surface area contributed by atoms with Crippen LogP contribution in [0.1, 0.15) is 31.7 Å². The predicted molar refractivity (Wildman–Crippen MR) is 72.0 cm³/mol. The van der Waals surface area contributed by atoms with Gasteiger partial charge in [0.05, 0.1) is 5.69 Å². The summed E-state index contributed by atoms with van der Waals surface area (Å²) in [4.78, 5) is 13.8. The number of anilines is 1. The number of carbonyl (C=O) groups is 1. The summed E-state index contributed by atoms with van der Waals surface area (Å²) in [6.45, 7) is 4.46. The summed E-state index contributed by atoms with van der Waals surface area (Å²) < 4.78 is 0. The molecule has 0 saturated heterocycles. The first-order chi connectivity index (χ1) is 8.61. The van der Waals surface area contributed by atoms with Crippen molar-refractivity contribution in [2.24, 2.45) is 0 Å². The third-order valence-corrected chi connectivity index (χ3v) is 3.48. The average Bonchev–Trinajstić information content (AvgIpc) is 2.29. The van der Waals surface area contributed by atoms with Crippen molar-refractivity contribution in [1.82, 2.24) is 5.32 Å². The maximum absolute atomic E-state index is 12.2. The first-order valence-corrected chi connectivity index (χ1v) is 6.49. The Kier molecular flexibility index (Phi) is 3.75. The van der Waals surface area contributed by atoms with E-state index < -0.39 is 0 Å². The van der Waals surface area contributed by atoms with E-state index in [2.05, 4.69) is 5.32 Å². The van der Waals surface area contributed by atoms with Gasteiger partial charge in [-0.1, -0.05) is 6.07 Å². The molecule has 2 N–H and O–H groups in total. The number of nitrogens with zero attached hydrogens (tertiary/aromatic N) is 1. The number of amides is 2. The molecular formula is C14H20N2O2. The summed E-state index contributed by atoms with van der Waals surface area (Å²) in [6.07, 6.45) is 3.34. The molecule has 0 unspecified atom stereocenters. The van der Waals surface area contributed by atoms with E-state index in [9.17, 15) is 9.90 Å². The van der Waals surface area contributed by atoms with Gasteiger partial charge >= 0.3 is 6.03 Å². The molecule has 1 aliphatic rings. The molecule has 0 radical (unpaired) electrons. The van der Waals surface area contributed by atoms with E-state index >= 15 is 0 Å². The van der Waals surface area contributed by atoms with Crippen LogP contribution in [0.2, 0.25) is 0 Å². The second-order valence-electron chi connectivity index (χ2n) is 4.79. The molecule has 1 aromatic carbocycles. The summed E-state index contributed by atoms with van der Waals surface area (Å²) in [6, 6.07) is 5.35. The normalized spacial score (nSPS) is 15.0. The number of carbonyl (C=O) groups excluding carboxylic acids is 1. The van der Waals surface area contributed by atoms with Gasteiger partial charge in [-0.05, 0) is 44.7 Å². The fourth-order valence-electron chi connectivity index (χ4n) is 2.12. The zero-order valence-electron chi connectivity index (χ0n) is 10.9. The minimum Gasteiger partial charge on any atom is -0.508 e. The number of hydrogen-bond donors (Lipinski definition) is 2. The zero-order valence-corrected chi connectivity index (χ0v) is 10.9. The van der Waals surface area contributed by atoms with Crippen molar-refractivity contribution in [3.63, 3.8) is 0 Å². The Labute approximate surface area is 108 Å². The largest absolute Gasteiger partial charge is 0.508 e. The SMILES string of the molecule is CCN(C(=O)NC1CCC1)c1cc(O)ccc1C. The van der Waals surface area contributed by atoms with Gasteiger partial charge in [-0.25, -0.2) is 4.79 Å². The highest BCUT2D eigenvalue weighted by molar-refractivity contribution is 5.93. The van der Waals surface area contributed by atoms with Crippen molar-refractivity contribution in [3.05, 3.63) is 23.8 Å². The van der Waals surface area contributed by atoms with E-state index in [1.807, 2.05) is 19.9 Å². The molecule has 1 aromatic rings. The van der Waals surface area contributed by atoms with Crippen LogP contribution in [0.5, 0.6) is 5.75 Å². The van der Waals surface area contributed by atoms with Crippen molar-refractivity contribution in [2.75, 3.05) is 11.4 Å². The molecule has 0 heterocycles. The van der Waals surface area contributed by atoms with E-state index in [0.717, 1.165) is 24.1 Å². The lowest BCUT2D eigenvalue weighted by Crippen LogP contribution is -2.47. The average molecular weight is 248 g/mol. The number of urea groups is 1. The van der Waals surface area contributed by atoms with Crippen LogP contribution in [-0.2, 0) is 0 Å². The van der Waals surface area contributed by atoms with Gasteiger partial charge in [-0.15, -0.1) is 0 Å². The van der Waals surface area contributed by atoms with Crippen LogP contribution >= 0.6 is 0 Å². The number of hydrogen-bond acceptors (Lipinski definition) is 2. The Bertz CT molecular complexity index is 441. The van der Waals surface area contributed by atoms with Crippen LogP contribution in [0.4, 0.5) is 10.5 Å². The lowest BCUT2D eigenvalue weighted by molar-refractivity contribution is 0.234. The fraction of sp³-hybridized carbons (Fsp3) is 0.500. The Balaban J connectivity index is 2.15. The molecule has 0 aromatic heterocycles. The highest BCUT2D eigenvalue weighted by Crippen LogP contribution is 2.25. The molecule has 18 heavy (non-hydrogen) atoms. The van der Waals surface area contributed by atoms with E-state index in [-0.39, 0.29) is 11.8 Å². The first kappa shape index (κ1) is 12.7. The van der Waals surface area contributed by atoms with Crippen LogP contribution in [-0.4, -0.2) is 23.7 Å². The van der Waals surface area contributed by atoms with Crippen LogP contribution in [0.25, 0.3) is 0 Å². The summed E-state index contributed by atoms with van der Waals surface area (Å²) in [7, 11) is 0. The molecule has 0 aliphatic heterocycles. The smallest absolute Gasteiger partial charge is 0.322 e. The minimum atomic E-state index is -0.0732. The van der Waals surface area contributed by atoms with Gasteiger partial charge in [0.1, 0.15) is 5.75 Å². The van der Waals surface area contributed by atoms with Gasteiger partial charge in [0.15, 0.2) is 0 Å². The predicted octanol–water partition coefficient (Wildman–Crippen LogP) is 2.79. The topological polar surface area (TPSA) is 52.6 Å². The summed E-state index contributed by atoms with van der Waals surface area (Å²) >= 11 is 0. The van der Waals surface area contributed by atoms with E-state index in [1.165, 1.54) is 6.42 Å². The number of benzene rings is 1. The fourth-order valence-corrected chi connectivity index (χ4v) is 2.12. The molecule has 4 heteroatoms. The van der Waals surface area contributed by atoms with Crippen molar-refractivity contribution in [3.8, 4) is 5.75 Å². The molecule has 0 atom stereocenters. The number of aryl methyl sites for hydroxylation is 1. The quantitative estimate of drug-likeness (QED) is 0.864. The monoisotopic (exact) mass is 248 g/mol. The number of rotatable bonds is 3. The van der Waals surface area contributed by atoms with Crippen molar-refractivity contribution >= 4 is 11.7 Å². The van der Waals surface area contributed by atoms with E-state index in [4.69, 9.17) is 0 Å². The summed E-state index contributed by atoms with van der Waals surface area (Å²) in [5, 5.41) is 12.6. The molecule has 2 amide bonds. The molecule has 4 nitrogen and oxygen atoms in total. The third-order valence-electron chi connectivity index (χ3n) is 3.48. The Morgan fingerprint density at radius 2 is 2.22 bits per heavy atom. The van der Waals surface area contributed by atoms with Crippen LogP contribution in [0.15, 0.2) is 18.2 Å². The van der Waals surface area contributed by atoms with Gasteiger partial charge in [-0.2, -0.15) is 0 Å². The lowest BCUT2D eigenvalue weighted by atomic mass is 9.93. The number of nitrogens with one attached hydrogen (secondary N) is 1. The summed E-state index contributed by atoms with van der Waals surface area (Å²) in [5.41, 5.74) is 1.76. The van der Waals surface area contributed by atoms with Crippen molar-refractivity contribution in [2.45, 2.75) is 39.2 Å². The molecular weight excluding hydrogens is 228 g/mol. The summed E-state index contributed by atoms with van der Waals surface area (Å²) in [5.74, 6) is 0.186. The molecule has 98 valence electrons. The third kappa shape index (κ3) is 2.58. The highest BCUT2D eigenvalue weighted by atomic mass is 16.3. The highest BCUT2D eigenvalue weighted by Gasteiger charge is 2.23. The lowest BCUT2D eigenvalue weighted by Gasteiger charge is -2.30. The maximum atomic E-state index is 12.2. The molecule has 0 bridgehead atoms. The Morgan fingerprint density at radius 3 is 2.78 bits per heavy atom. The van der Waals surface area contributed by atoms with Gasteiger partial charge < -0.3 is 10.4 Å². The van der Waals surface area contributed by atoms with Gasteiger partial charge in [0, 0.05) is 18.7 Å². The van der Waals surface area contributed by atoms with Gasteiger partial charge in [-0.3, -0.25) is 4.90 Å². The first-order valence-electron chi connectivity index (χ1n) is 6.49. The standard InChI is InChI=1S/C14H20N2O2/c1-3-16(14(18)15-11-5-4-6-11)13-9-12(17)8-7-10(13)2/h7-9,11,17H,3-6H2,1-2H3,(H,15,18). The molecule has 0 spiro atoms. The van der Waals surface area contributed by atoms with E-state index in [1.54, 1.807) is 17.0 Å². The second kappa shape index (κ2) is 5.29.